The topological polar surface area (TPSA) is 87.1 Å². The van der Waals surface area contributed by atoms with E-state index in [1.54, 1.807) is 18.5 Å². The predicted octanol–water partition coefficient (Wildman–Crippen LogP) is 3.31. The molecule has 172 valence electrons. The van der Waals surface area contributed by atoms with Crippen LogP contribution in [0.1, 0.15) is 16.1 Å². The SMILES string of the molecule is CNc1ccc(-c2cnc3cnc(CC(=O)c4ccnc(N5CCN(C)CC5)c4)cc3c2)cn1. The number of pyridine rings is 4. The summed E-state index contributed by atoms with van der Waals surface area (Å²) in [4.78, 5) is 35.5. The normalized spacial score (nSPS) is 14.4. The third-order valence-corrected chi connectivity index (χ3v) is 6.21. The Morgan fingerprint density at radius 2 is 1.74 bits per heavy atom. The second-order valence-electron chi connectivity index (χ2n) is 8.57. The van der Waals surface area contributed by atoms with Gasteiger partial charge in [0.05, 0.1) is 18.1 Å². The second-order valence-corrected chi connectivity index (χ2v) is 8.57. The van der Waals surface area contributed by atoms with Crippen molar-refractivity contribution in [2.75, 3.05) is 50.5 Å². The largest absolute Gasteiger partial charge is 0.373 e. The summed E-state index contributed by atoms with van der Waals surface area (Å²) in [5.41, 5.74) is 4.13. The maximum atomic E-state index is 13.1. The number of hydrogen-bond donors (Lipinski definition) is 1. The van der Waals surface area contributed by atoms with Gasteiger partial charge < -0.3 is 15.1 Å². The van der Waals surface area contributed by atoms with Gasteiger partial charge in [0.1, 0.15) is 11.6 Å². The van der Waals surface area contributed by atoms with Crippen molar-refractivity contribution in [1.82, 2.24) is 24.8 Å². The highest BCUT2D eigenvalue weighted by molar-refractivity contribution is 5.98. The molecule has 0 spiro atoms. The molecular formula is C26H27N7O. The molecule has 5 rings (SSSR count). The number of rotatable bonds is 6. The molecule has 4 aromatic heterocycles. The lowest BCUT2D eigenvalue weighted by molar-refractivity contribution is 0.0992. The van der Waals surface area contributed by atoms with Crippen LogP contribution in [0.3, 0.4) is 0 Å². The Hall–Kier alpha value is -3.91. The van der Waals surface area contributed by atoms with Gasteiger partial charge in [-0.2, -0.15) is 0 Å². The van der Waals surface area contributed by atoms with Gasteiger partial charge in [0, 0.05) is 79.6 Å². The molecule has 1 aliphatic heterocycles. The summed E-state index contributed by atoms with van der Waals surface area (Å²) in [7, 11) is 3.96. The number of nitrogens with zero attached hydrogens (tertiary/aromatic N) is 6. The number of aromatic nitrogens is 4. The highest BCUT2D eigenvalue weighted by Crippen LogP contribution is 2.24. The molecule has 34 heavy (non-hydrogen) atoms. The Morgan fingerprint density at radius 3 is 2.50 bits per heavy atom. The van der Waals surface area contributed by atoms with Gasteiger partial charge in [-0.15, -0.1) is 0 Å². The number of nitrogens with one attached hydrogen (secondary N) is 1. The first-order valence-corrected chi connectivity index (χ1v) is 11.4. The van der Waals surface area contributed by atoms with Gasteiger partial charge in [0.2, 0.25) is 0 Å². The first-order valence-electron chi connectivity index (χ1n) is 11.4. The van der Waals surface area contributed by atoms with E-state index in [4.69, 9.17) is 0 Å². The fourth-order valence-electron chi connectivity index (χ4n) is 4.11. The molecule has 8 heteroatoms. The van der Waals surface area contributed by atoms with Crippen molar-refractivity contribution >= 4 is 28.3 Å². The number of carbonyl (C=O) groups is 1. The van der Waals surface area contributed by atoms with Crippen molar-refractivity contribution in [2.45, 2.75) is 6.42 Å². The first-order chi connectivity index (χ1) is 16.6. The summed E-state index contributed by atoms with van der Waals surface area (Å²) in [5.74, 6) is 1.70. The molecule has 0 amide bonds. The maximum absolute atomic E-state index is 13.1. The Labute approximate surface area is 198 Å². The maximum Gasteiger partial charge on any atom is 0.169 e. The fourth-order valence-corrected chi connectivity index (χ4v) is 4.11. The molecule has 0 aromatic carbocycles. The van der Waals surface area contributed by atoms with Crippen molar-refractivity contribution in [3.05, 3.63) is 72.4 Å². The van der Waals surface area contributed by atoms with Crippen molar-refractivity contribution in [3.63, 3.8) is 0 Å². The zero-order valence-electron chi connectivity index (χ0n) is 19.4. The van der Waals surface area contributed by atoms with E-state index in [1.165, 1.54) is 0 Å². The van der Waals surface area contributed by atoms with E-state index < -0.39 is 0 Å². The molecule has 0 atom stereocenters. The Morgan fingerprint density at radius 1 is 0.912 bits per heavy atom. The minimum Gasteiger partial charge on any atom is -0.373 e. The van der Waals surface area contributed by atoms with E-state index in [2.05, 4.69) is 48.2 Å². The molecule has 0 radical (unpaired) electrons. The quantitative estimate of drug-likeness (QED) is 0.445. The Kier molecular flexibility index (Phi) is 6.14. The molecule has 0 bridgehead atoms. The first kappa shape index (κ1) is 21.9. The molecule has 8 nitrogen and oxygen atoms in total. The Bertz CT molecular complexity index is 1310. The smallest absolute Gasteiger partial charge is 0.169 e. The van der Waals surface area contributed by atoms with Crippen LogP contribution >= 0.6 is 0 Å². The summed E-state index contributed by atoms with van der Waals surface area (Å²) >= 11 is 0. The van der Waals surface area contributed by atoms with Crippen LogP contribution in [0, 0.1) is 0 Å². The minimum atomic E-state index is 0.0283. The van der Waals surface area contributed by atoms with E-state index >= 15 is 0 Å². The summed E-state index contributed by atoms with van der Waals surface area (Å²) in [6.45, 7) is 3.81. The van der Waals surface area contributed by atoms with Crippen LogP contribution in [0.15, 0.2) is 61.2 Å². The summed E-state index contributed by atoms with van der Waals surface area (Å²) < 4.78 is 0. The van der Waals surface area contributed by atoms with Gasteiger partial charge in [-0.3, -0.25) is 14.8 Å². The van der Waals surface area contributed by atoms with Gasteiger partial charge >= 0.3 is 0 Å². The number of anilines is 2. The number of hydrogen-bond acceptors (Lipinski definition) is 8. The highest BCUT2D eigenvalue weighted by atomic mass is 16.1. The van der Waals surface area contributed by atoms with Crippen LogP contribution in [-0.2, 0) is 6.42 Å². The van der Waals surface area contributed by atoms with Crippen LogP contribution in [0.4, 0.5) is 11.6 Å². The van der Waals surface area contributed by atoms with E-state index in [-0.39, 0.29) is 12.2 Å². The standard InChI is InChI=1S/C26H27N7O/c1-27-25-4-3-19(15-31-25)21-11-20-12-22(29-17-23(20)30-16-21)14-24(34)18-5-6-28-26(13-18)33-9-7-32(2)8-10-33/h3-6,11-13,15-17H,7-10,14H2,1-2H3,(H,27,31). The van der Waals surface area contributed by atoms with E-state index in [0.717, 1.165) is 65.5 Å². The summed E-state index contributed by atoms with van der Waals surface area (Å²) in [6.07, 6.45) is 7.32. The van der Waals surface area contributed by atoms with Gasteiger partial charge in [0.15, 0.2) is 5.78 Å². The number of ketones is 1. The highest BCUT2D eigenvalue weighted by Gasteiger charge is 2.17. The van der Waals surface area contributed by atoms with Gasteiger partial charge in [-0.05, 0) is 43.4 Å². The number of piperazine rings is 1. The van der Waals surface area contributed by atoms with E-state index in [9.17, 15) is 4.79 Å². The van der Waals surface area contributed by atoms with Gasteiger partial charge in [-0.25, -0.2) is 9.97 Å². The average molecular weight is 454 g/mol. The van der Waals surface area contributed by atoms with Crippen LogP contribution in [0.5, 0.6) is 0 Å². The molecule has 4 aromatic rings. The van der Waals surface area contributed by atoms with Crippen LogP contribution in [-0.4, -0.2) is 70.9 Å². The molecule has 0 aliphatic carbocycles. The molecular weight excluding hydrogens is 426 g/mol. The summed E-state index contributed by atoms with van der Waals surface area (Å²) in [6, 6.07) is 11.6. The zero-order valence-corrected chi connectivity index (χ0v) is 19.4. The molecule has 0 saturated carbocycles. The number of fused-ring (bicyclic) bond motifs is 1. The average Bonchev–Trinajstić information content (AvgIpc) is 2.89. The molecule has 1 aliphatic rings. The number of likely N-dealkylation sites (N-methyl/N-ethyl adjacent to an activating group) is 1. The lowest BCUT2D eigenvalue weighted by Crippen LogP contribution is -2.44. The predicted molar refractivity (Wildman–Crippen MR) is 134 cm³/mol. The lowest BCUT2D eigenvalue weighted by atomic mass is 10.0. The second kappa shape index (κ2) is 9.52. The van der Waals surface area contributed by atoms with E-state index in [1.807, 2.05) is 43.7 Å². The number of Topliss-reactive ketones (excluding diaryl/α,β-unsaturated/α-hetero) is 1. The summed E-state index contributed by atoms with van der Waals surface area (Å²) in [5, 5.41) is 3.97. The van der Waals surface area contributed by atoms with Crippen LogP contribution < -0.4 is 10.2 Å². The van der Waals surface area contributed by atoms with Crippen LogP contribution in [0.2, 0.25) is 0 Å². The molecule has 1 saturated heterocycles. The molecule has 5 heterocycles. The van der Waals surface area contributed by atoms with E-state index in [0.29, 0.717) is 5.56 Å². The third-order valence-electron chi connectivity index (χ3n) is 6.21. The molecule has 1 fully saturated rings. The van der Waals surface area contributed by atoms with Crippen LogP contribution in [0.25, 0.3) is 22.0 Å². The molecule has 1 N–H and O–H groups in total. The van der Waals surface area contributed by atoms with Crippen molar-refractivity contribution in [3.8, 4) is 11.1 Å². The third kappa shape index (κ3) is 4.72. The van der Waals surface area contributed by atoms with Crippen molar-refractivity contribution in [2.24, 2.45) is 0 Å². The van der Waals surface area contributed by atoms with Gasteiger partial charge in [-0.1, -0.05) is 0 Å². The van der Waals surface area contributed by atoms with Crippen molar-refractivity contribution < 1.29 is 4.79 Å². The minimum absolute atomic E-state index is 0.0283. The fraction of sp³-hybridized carbons (Fsp3) is 0.269. The lowest BCUT2D eigenvalue weighted by Gasteiger charge is -2.33. The Balaban J connectivity index is 1.35. The molecule has 0 unspecified atom stereocenters. The monoisotopic (exact) mass is 453 g/mol. The van der Waals surface area contributed by atoms with Gasteiger partial charge in [0.25, 0.3) is 0 Å². The zero-order chi connectivity index (χ0) is 23.5. The number of carbonyl (C=O) groups excluding carboxylic acids is 1. The van der Waals surface area contributed by atoms with Crippen molar-refractivity contribution in [1.29, 1.82) is 0 Å².